The number of hydrogen-bond acceptors (Lipinski definition) is 4. The van der Waals surface area contributed by atoms with Gasteiger partial charge in [-0.2, -0.15) is 0 Å². The normalized spacial score (nSPS) is 10.3. The first kappa shape index (κ1) is 17.3. The molecule has 3 aromatic carbocycles. The average molecular weight is 367 g/mol. The van der Waals surface area contributed by atoms with Crippen molar-refractivity contribution in [1.29, 1.82) is 0 Å². The molecule has 0 radical (unpaired) electrons. The van der Waals surface area contributed by atoms with Crippen molar-refractivity contribution in [2.75, 3.05) is 0 Å². The van der Waals surface area contributed by atoms with E-state index in [1.165, 1.54) is 24.3 Å². The summed E-state index contributed by atoms with van der Waals surface area (Å²) < 4.78 is 5.46. The first-order chi connectivity index (χ1) is 13.6. The molecule has 1 aromatic heterocycles. The third-order valence-electron chi connectivity index (χ3n) is 4.29. The number of non-ortho nitro benzene ring substituents is 1. The summed E-state index contributed by atoms with van der Waals surface area (Å²) in [6.07, 6.45) is 0. The minimum Gasteiger partial charge on any atom is -0.422 e. The summed E-state index contributed by atoms with van der Waals surface area (Å²) >= 11 is 0. The highest BCUT2D eigenvalue weighted by molar-refractivity contribution is 5.90. The Hall–Kier alpha value is -4.17. The van der Waals surface area contributed by atoms with E-state index in [4.69, 9.17) is 4.42 Å². The number of rotatable bonds is 2. The molecule has 134 valence electrons. The van der Waals surface area contributed by atoms with Crippen molar-refractivity contribution in [3.8, 4) is 23.0 Å². The highest BCUT2D eigenvalue weighted by atomic mass is 16.6. The standard InChI is InChI=1S/C23H13NO4/c25-23-22(17-11-13-18(14-12-17)24(26)27)20(15-10-16-6-2-1-3-7-16)19-8-4-5-9-21(19)28-23/h1-9,11-14H. The summed E-state index contributed by atoms with van der Waals surface area (Å²) in [4.78, 5) is 23.2. The van der Waals surface area contributed by atoms with Crippen molar-refractivity contribution < 1.29 is 9.34 Å². The zero-order valence-electron chi connectivity index (χ0n) is 14.6. The molecule has 0 aliphatic carbocycles. The molecule has 0 aliphatic heterocycles. The Morgan fingerprint density at radius 3 is 2.21 bits per heavy atom. The molecule has 0 amide bonds. The topological polar surface area (TPSA) is 73.3 Å². The molecule has 0 saturated carbocycles. The molecule has 0 N–H and O–H groups in total. The number of fused-ring (bicyclic) bond motifs is 1. The highest BCUT2D eigenvalue weighted by Crippen LogP contribution is 2.28. The van der Waals surface area contributed by atoms with Crippen LogP contribution < -0.4 is 5.63 Å². The van der Waals surface area contributed by atoms with Crippen LogP contribution >= 0.6 is 0 Å². The number of benzene rings is 3. The largest absolute Gasteiger partial charge is 0.422 e. The molecular weight excluding hydrogens is 354 g/mol. The second-order valence-corrected chi connectivity index (χ2v) is 6.06. The lowest BCUT2D eigenvalue weighted by atomic mass is 9.98. The fourth-order valence-electron chi connectivity index (χ4n) is 2.95. The number of para-hydroxylation sites is 1. The summed E-state index contributed by atoms with van der Waals surface area (Å²) in [5.41, 5.74) is 2.00. The zero-order valence-corrected chi connectivity index (χ0v) is 14.6. The van der Waals surface area contributed by atoms with Crippen LogP contribution in [0.4, 0.5) is 5.69 Å². The van der Waals surface area contributed by atoms with Gasteiger partial charge in [0.05, 0.1) is 16.1 Å². The molecule has 1 heterocycles. The van der Waals surface area contributed by atoms with Crippen molar-refractivity contribution in [2.24, 2.45) is 0 Å². The van der Waals surface area contributed by atoms with E-state index >= 15 is 0 Å². The van der Waals surface area contributed by atoms with E-state index in [2.05, 4.69) is 11.8 Å². The van der Waals surface area contributed by atoms with Crippen molar-refractivity contribution >= 4 is 16.7 Å². The molecule has 0 saturated heterocycles. The summed E-state index contributed by atoms with van der Waals surface area (Å²) in [7, 11) is 0. The van der Waals surface area contributed by atoms with Crippen LogP contribution in [-0.4, -0.2) is 4.92 Å². The molecule has 28 heavy (non-hydrogen) atoms. The van der Waals surface area contributed by atoms with Gasteiger partial charge >= 0.3 is 5.63 Å². The third-order valence-corrected chi connectivity index (χ3v) is 4.29. The average Bonchev–Trinajstić information content (AvgIpc) is 2.72. The van der Waals surface area contributed by atoms with Gasteiger partial charge in [-0.3, -0.25) is 10.1 Å². The first-order valence-corrected chi connectivity index (χ1v) is 8.51. The lowest BCUT2D eigenvalue weighted by molar-refractivity contribution is -0.384. The number of nitro groups is 1. The maximum absolute atomic E-state index is 12.7. The highest BCUT2D eigenvalue weighted by Gasteiger charge is 2.16. The van der Waals surface area contributed by atoms with E-state index in [0.717, 1.165) is 5.56 Å². The van der Waals surface area contributed by atoms with Gasteiger partial charge in [-0.05, 0) is 42.0 Å². The molecule has 0 bridgehead atoms. The molecule has 0 atom stereocenters. The maximum atomic E-state index is 12.7. The smallest absolute Gasteiger partial charge is 0.345 e. The third kappa shape index (κ3) is 3.27. The molecule has 0 spiro atoms. The van der Waals surface area contributed by atoms with Gasteiger partial charge < -0.3 is 4.42 Å². The minimum atomic E-state index is -0.537. The monoisotopic (exact) mass is 367 g/mol. The van der Waals surface area contributed by atoms with Gasteiger partial charge in [-0.1, -0.05) is 42.2 Å². The molecule has 4 rings (SSSR count). The van der Waals surface area contributed by atoms with Crippen LogP contribution in [0, 0.1) is 22.0 Å². The minimum absolute atomic E-state index is 0.0501. The Balaban J connectivity index is 1.98. The van der Waals surface area contributed by atoms with Crippen molar-refractivity contribution in [3.05, 3.63) is 111 Å². The summed E-state index contributed by atoms with van der Waals surface area (Å²) in [5, 5.41) is 11.6. The SMILES string of the molecule is O=c1oc2ccccc2c(C#Cc2ccccc2)c1-c1ccc([N+](=O)[O-])cc1. The molecule has 0 fully saturated rings. The fraction of sp³-hybridized carbons (Fsp3) is 0. The lowest BCUT2D eigenvalue weighted by Gasteiger charge is -2.07. The summed E-state index contributed by atoms with van der Waals surface area (Å²) in [6.45, 7) is 0. The van der Waals surface area contributed by atoms with Gasteiger partial charge in [0.15, 0.2) is 0 Å². The molecule has 5 nitrogen and oxygen atoms in total. The predicted octanol–water partition coefficient (Wildman–Crippen LogP) is 4.77. The molecule has 4 aromatic rings. The number of nitro benzene ring substituents is 1. The van der Waals surface area contributed by atoms with E-state index in [1.54, 1.807) is 12.1 Å². The summed E-state index contributed by atoms with van der Waals surface area (Å²) in [6, 6.07) is 22.4. The molecular formula is C23H13NO4. The van der Waals surface area contributed by atoms with Crippen LogP contribution in [0.5, 0.6) is 0 Å². The predicted molar refractivity (Wildman–Crippen MR) is 107 cm³/mol. The Labute approximate surface area is 160 Å². The second kappa shape index (κ2) is 7.22. The van der Waals surface area contributed by atoms with Gasteiger partial charge in [-0.15, -0.1) is 0 Å². The van der Waals surface area contributed by atoms with E-state index in [0.29, 0.717) is 22.1 Å². The zero-order chi connectivity index (χ0) is 19.5. The van der Waals surface area contributed by atoms with E-state index < -0.39 is 10.5 Å². The molecule has 0 unspecified atom stereocenters. The van der Waals surface area contributed by atoms with Crippen LogP contribution in [0.3, 0.4) is 0 Å². The second-order valence-electron chi connectivity index (χ2n) is 6.06. The van der Waals surface area contributed by atoms with Crippen molar-refractivity contribution in [2.45, 2.75) is 0 Å². The van der Waals surface area contributed by atoms with E-state index in [9.17, 15) is 14.9 Å². The maximum Gasteiger partial charge on any atom is 0.345 e. The van der Waals surface area contributed by atoms with E-state index in [-0.39, 0.29) is 11.3 Å². The van der Waals surface area contributed by atoms with Gasteiger partial charge in [-0.25, -0.2) is 4.79 Å². The first-order valence-electron chi connectivity index (χ1n) is 8.51. The van der Waals surface area contributed by atoms with Crippen LogP contribution in [0.15, 0.2) is 88.1 Å². The summed E-state index contributed by atoms with van der Waals surface area (Å²) in [5.74, 6) is 6.19. The van der Waals surface area contributed by atoms with Crippen LogP contribution in [0.1, 0.15) is 11.1 Å². The number of nitrogens with zero attached hydrogens (tertiary/aromatic N) is 1. The van der Waals surface area contributed by atoms with Crippen molar-refractivity contribution in [3.63, 3.8) is 0 Å². The van der Waals surface area contributed by atoms with Crippen LogP contribution in [-0.2, 0) is 0 Å². The van der Waals surface area contributed by atoms with Crippen LogP contribution in [0.2, 0.25) is 0 Å². The molecule has 5 heteroatoms. The Morgan fingerprint density at radius 2 is 1.50 bits per heavy atom. The molecule has 0 aliphatic rings. The van der Waals surface area contributed by atoms with Gasteiger partial charge in [0.1, 0.15) is 5.58 Å². The quantitative estimate of drug-likeness (QED) is 0.221. The Kier molecular flexibility index (Phi) is 4.45. The van der Waals surface area contributed by atoms with Gasteiger partial charge in [0.25, 0.3) is 5.69 Å². The fourth-order valence-corrected chi connectivity index (χ4v) is 2.95. The number of hydrogen-bond donors (Lipinski definition) is 0. The van der Waals surface area contributed by atoms with Gasteiger partial charge in [0.2, 0.25) is 0 Å². The van der Waals surface area contributed by atoms with Crippen molar-refractivity contribution in [1.82, 2.24) is 0 Å². The van der Waals surface area contributed by atoms with E-state index in [1.807, 2.05) is 42.5 Å². The van der Waals surface area contributed by atoms with Gasteiger partial charge in [0, 0.05) is 23.1 Å². The Bertz CT molecular complexity index is 1290. The Morgan fingerprint density at radius 1 is 0.821 bits per heavy atom. The lowest BCUT2D eigenvalue weighted by Crippen LogP contribution is -2.06. The van der Waals surface area contributed by atoms with Crippen LogP contribution in [0.25, 0.3) is 22.1 Å².